The minimum Gasteiger partial charge on any atom is -0.396 e. The molecule has 4 nitrogen and oxygen atoms in total. The van der Waals surface area contributed by atoms with E-state index in [0.717, 1.165) is 0 Å². The SMILES string of the molecule is CON(C)C(=O)[C@@H](C)[C@@H](C)CO. The van der Waals surface area contributed by atoms with Crippen LogP contribution in [0.1, 0.15) is 13.8 Å². The van der Waals surface area contributed by atoms with Crippen molar-refractivity contribution in [2.24, 2.45) is 11.8 Å². The van der Waals surface area contributed by atoms with Gasteiger partial charge < -0.3 is 5.11 Å². The maximum atomic E-state index is 11.4. The van der Waals surface area contributed by atoms with Crippen LogP contribution in [0.3, 0.4) is 0 Å². The average molecular weight is 175 g/mol. The Morgan fingerprint density at radius 3 is 2.42 bits per heavy atom. The molecule has 0 rings (SSSR count). The number of hydrogen-bond donors (Lipinski definition) is 1. The van der Waals surface area contributed by atoms with Crippen molar-refractivity contribution < 1.29 is 14.7 Å². The zero-order chi connectivity index (χ0) is 9.72. The molecule has 2 atom stereocenters. The summed E-state index contributed by atoms with van der Waals surface area (Å²) in [4.78, 5) is 16.1. The summed E-state index contributed by atoms with van der Waals surface area (Å²) in [7, 11) is 3.00. The smallest absolute Gasteiger partial charge is 0.249 e. The van der Waals surface area contributed by atoms with Gasteiger partial charge in [-0.15, -0.1) is 0 Å². The highest BCUT2D eigenvalue weighted by Gasteiger charge is 2.22. The summed E-state index contributed by atoms with van der Waals surface area (Å²) in [5, 5.41) is 9.97. The predicted molar refractivity (Wildman–Crippen MR) is 45.2 cm³/mol. The standard InChI is InChI=1S/C8H17NO3/c1-6(5-10)7(2)8(11)9(3)12-4/h6-7,10H,5H2,1-4H3/t6-,7-/m0/s1. The van der Waals surface area contributed by atoms with Crippen molar-refractivity contribution in [2.45, 2.75) is 13.8 Å². The van der Waals surface area contributed by atoms with Crippen molar-refractivity contribution in [3.63, 3.8) is 0 Å². The van der Waals surface area contributed by atoms with Gasteiger partial charge in [-0.05, 0) is 5.92 Å². The molecule has 0 bridgehead atoms. The van der Waals surface area contributed by atoms with Crippen LogP contribution in [0.15, 0.2) is 0 Å². The lowest BCUT2D eigenvalue weighted by Gasteiger charge is -2.21. The molecule has 0 saturated carbocycles. The van der Waals surface area contributed by atoms with E-state index >= 15 is 0 Å². The molecule has 4 heteroatoms. The number of carbonyl (C=O) groups is 1. The maximum Gasteiger partial charge on any atom is 0.249 e. The largest absolute Gasteiger partial charge is 0.396 e. The summed E-state index contributed by atoms with van der Waals surface area (Å²) in [5.41, 5.74) is 0. The van der Waals surface area contributed by atoms with Gasteiger partial charge in [0.1, 0.15) is 0 Å². The van der Waals surface area contributed by atoms with E-state index < -0.39 is 0 Å². The first-order chi connectivity index (χ1) is 5.54. The van der Waals surface area contributed by atoms with Gasteiger partial charge in [-0.3, -0.25) is 9.63 Å². The summed E-state index contributed by atoms with van der Waals surface area (Å²) in [6, 6.07) is 0. The van der Waals surface area contributed by atoms with E-state index in [1.165, 1.54) is 12.2 Å². The quantitative estimate of drug-likeness (QED) is 0.624. The van der Waals surface area contributed by atoms with Gasteiger partial charge >= 0.3 is 0 Å². The first kappa shape index (κ1) is 11.4. The van der Waals surface area contributed by atoms with Gasteiger partial charge in [-0.1, -0.05) is 13.8 Å². The predicted octanol–water partition coefficient (Wildman–Crippen LogP) is 0.271. The molecule has 0 radical (unpaired) electrons. The van der Waals surface area contributed by atoms with Crippen molar-refractivity contribution in [3.05, 3.63) is 0 Å². The summed E-state index contributed by atoms with van der Waals surface area (Å²) in [5.74, 6) is -0.353. The highest BCUT2D eigenvalue weighted by molar-refractivity contribution is 5.77. The number of hydroxylamine groups is 2. The number of nitrogens with zero attached hydrogens (tertiary/aromatic N) is 1. The van der Waals surface area contributed by atoms with Crippen LogP contribution in [-0.2, 0) is 9.63 Å². The van der Waals surface area contributed by atoms with Crippen LogP contribution >= 0.6 is 0 Å². The average Bonchev–Trinajstić information content (AvgIpc) is 2.12. The van der Waals surface area contributed by atoms with Crippen LogP contribution < -0.4 is 0 Å². The summed E-state index contributed by atoms with van der Waals surface area (Å²) >= 11 is 0. The molecule has 72 valence electrons. The second-order valence-corrected chi connectivity index (χ2v) is 2.97. The van der Waals surface area contributed by atoms with Crippen LogP contribution in [-0.4, -0.2) is 36.8 Å². The first-order valence-corrected chi connectivity index (χ1v) is 3.97. The molecule has 0 aliphatic rings. The second kappa shape index (κ2) is 5.11. The molecule has 1 N–H and O–H groups in total. The van der Waals surface area contributed by atoms with E-state index in [1.54, 1.807) is 14.0 Å². The fourth-order valence-corrected chi connectivity index (χ4v) is 0.778. The molecule has 0 fully saturated rings. The summed E-state index contributed by atoms with van der Waals surface area (Å²) in [6.45, 7) is 3.62. The van der Waals surface area contributed by atoms with E-state index in [0.29, 0.717) is 0 Å². The Morgan fingerprint density at radius 1 is 1.58 bits per heavy atom. The van der Waals surface area contributed by atoms with E-state index in [4.69, 9.17) is 9.94 Å². The highest BCUT2D eigenvalue weighted by Crippen LogP contribution is 2.12. The summed E-state index contributed by atoms with van der Waals surface area (Å²) in [6.07, 6.45) is 0. The molecule has 0 aromatic rings. The van der Waals surface area contributed by atoms with Gasteiger partial charge in [0.25, 0.3) is 0 Å². The Labute approximate surface area is 73.1 Å². The van der Waals surface area contributed by atoms with Crippen LogP contribution in [0.25, 0.3) is 0 Å². The first-order valence-electron chi connectivity index (χ1n) is 3.97. The van der Waals surface area contributed by atoms with Crippen molar-refractivity contribution in [1.29, 1.82) is 0 Å². The van der Waals surface area contributed by atoms with Gasteiger partial charge in [-0.25, -0.2) is 5.06 Å². The van der Waals surface area contributed by atoms with E-state index in [2.05, 4.69) is 0 Å². The molecule has 0 aromatic carbocycles. The number of rotatable bonds is 4. The Kier molecular flexibility index (Phi) is 4.85. The van der Waals surface area contributed by atoms with Gasteiger partial charge in [-0.2, -0.15) is 0 Å². The molecule has 0 heterocycles. The monoisotopic (exact) mass is 175 g/mol. The third-order valence-corrected chi connectivity index (χ3v) is 2.12. The minimum absolute atomic E-state index is 0.0183. The Morgan fingerprint density at radius 2 is 2.08 bits per heavy atom. The van der Waals surface area contributed by atoms with Gasteiger partial charge in [0, 0.05) is 19.6 Å². The number of hydrogen-bond acceptors (Lipinski definition) is 3. The number of carbonyl (C=O) groups excluding carboxylic acids is 1. The van der Waals surface area contributed by atoms with Crippen molar-refractivity contribution in [1.82, 2.24) is 5.06 Å². The van der Waals surface area contributed by atoms with Gasteiger partial charge in [0.15, 0.2) is 0 Å². The fraction of sp³-hybridized carbons (Fsp3) is 0.875. The zero-order valence-corrected chi connectivity index (χ0v) is 8.07. The van der Waals surface area contributed by atoms with Crippen LogP contribution in [0.4, 0.5) is 0 Å². The highest BCUT2D eigenvalue weighted by atomic mass is 16.7. The van der Waals surface area contributed by atoms with Crippen LogP contribution in [0.2, 0.25) is 0 Å². The minimum atomic E-state index is -0.208. The topological polar surface area (TPSA) is 49.8 Å². The number of aliphatic hydroxyl groups is 1. The molecule has 0 unspecified atom stereocenters. The van der Waals surface area contributed by atoms with Crippen LogP contribution in [0, 0.1) is 11.8 Å². The maximum absolute atomic E-state index is 11.4. The second-order valence-electron chi connectivity index (χ2n) is 2.97. The van der Waals surface area contributed by atoms with E-state index in [9.17, 15) is 4.79 Å². The molecule has 0 spiro atoms. The van der Waals surface area contributed by atoms with E-state index in [1.807, 2.05) is 6.92 Å². The Balaban J connectivity index is 4.09. The molecule has 0 aromatic heterocycles. The molecule has 1 amide bonds. The molecular formula is C8H17NO3. The van der Waals surface area contributed by atoms with E-state index in [-0.39, 0.29) is 24.3 Å². The lowest BCUT2D eigenvalue weighted by Crippen LogP contribution is -2.34. The van der Waals surface area contributed by atoms with Gasteiger partial charge in [0.2, 0.25) is 5.91 Å². The summed E-state index contributed by atoms with van der Waals surface area (Å²) < 4.78 is 0. The van der Waals surface area contributed by atoms with Crippen LogP contribution in [0.5, 0.6) is 0 Å². The third-order valence-electron chi connectivity index (χ3n) is 2.12. The number of amides is 1. The van der Waals surface area contributed by atoms with Crippen molar-refractivity contribution >= 4 is 5.91 Å². The van der Waals surface area contributed by atoms with Crippen molar-refractivity contribution in [3.8, 4) is 0 Å². The zero-order valence-electron chi connectivity index (χ0n) is 8.07. The lowest BCUT2D eigenvalue weighted by atomic mass is 9.96. The Bertz CT molecular complexity index is 149. The number of aliphatic hydroxyl groups excluding tert-OH is 1. The third kappa shape index (κ3) is 2.79. The molecular weight excluding hydrogens is 158 g/mol. The molecule has 0 aliphatic carbocycles. The Hall–Kier alpha value is -0.610. The van der Waals surface area contributed by atoms with Gasteiger partial charge in [0.05, 0.1) is 7.11 Å². The lowest BCUT2D eigenvalue weighted by molar-refractivity contribution is -0.174. The molecule has 0 saturated heterocycles. The normalized spacial score (nSPS) is 15.4. The molecule has 12 heavy (non-hydrogen) atoms. The molecule has 0 aliphatic heterocycles. The fourth-order valence-electron chi connectivity index (χ4n) is 0.778. The van der Waals surface area contributed by atoms with Crippen molar-refractivity contribution in [2.75, 3.05) is 20.8 Å².